The first-order valence-corrected chi connectivity index (χ1v) is 10.6. The minimum Gasteiger partial charge on any atom is -0.459 e. The summed E-state index contributed by atoms with van der Waals surface area (Å²) in [5.41, 5.74) is 0.620. The number of aryl methyl sites for hydroxylation is 1. The highest BCUT2D eigenvalue weighted by atomic mass is 32.2. The van der Waals surface area contributed by atoms with Gasteiger partial charge >= 0.3 is 12.0 Å². The fourth-order valence-electron chi connectivity index (χ4n) is 2.56. The third-order valence-corrected chi connectivity index (χ3v) is 5.12. The molecular formula is C19H24N4O7S. The molecule has 168 valence electrons. The zero-order valence-electron chi connectivity index (χ0n) is 17.7. The van der Waals surface area contributed by atoms with E-state index in [1.165, 1.54) is 38.5 Å². The lowest BCUT2D eigenvalue weighted by Crippen LogP contribution is -2.36. The van der Waals surface area contributed by atoms with Crippen molar-refractivity contribution in [3.8, 4) is 0 Å². The number of rotatable bonds is 8. The number of anilines is 1. The lowest BCUT2D eigenvalue weighted by Gasteiger charge is -2.15. The standard InChI is InChI=1S/C19H24N4O7S/c1-11(2)30-16(24)13-8-6-7-9-15(13)31(26,27)23-19(25)22-18-20-12(3)10-14(21-18)17(28-4)29-5/h6-11,17H,1-5H3,(H2,20,21,22,23,25). The Labute approximate surface area is 180 Å². The van der Waals surface area contributed by atoms with Crippen molar-refractivity contribution in [2.45, 2.75) is 38.1 Å². The van der Waals surface area contributed by atoms with Gasteiger partial charge in [-0.15, -0.1) is 0 Å². The summed E-state index contributed by atoms with van der Waals surface area (Å²) in [5, 5.41) is 2.25. The Kier molecular flexibility index (Phi) is 8.02. The number of ether oxygens (including phenoxy) is 3. The van der Waals surface area contributed by atoms with E-state index in [0.717, 1.165) is 0 Å². The summed E-state index contributed by atoms with van der Waals surface area (Å²) in [6.07, 6.45) is -1.25. The molecule has 0 atom stereocenters. The van der Waals surface area contributed by atoms with Crippen molar-refractivity contribution in [3.63, 3.8) is 0 Å². The summed E-state index contributed by atoms with van der Waals surface area (Å²) in [7, 11) is -1.57. The van der Waals surface area contributed by atoms with Crippen LogP contribution in [0.25, 0.3) is 0 Å². The van der Waals surface area contributed by atoms with Crippen molar-refractivity contribution in [1.82, 2.24) is 14.7 Å². The first-order valence-electron chi connectivity index (χ1n) is 9.12. The fraction of sp³-hybridized carbons (Fsp3) is 0.368. The number of nitrogens with one attached hydrogen (secondary N) is 2. The zero-order valence-corrected chi connectivity index (χ0v) is 18.5. The number of carbonyl (C=O) groups excluding carboxylic acids is 2. The summed E-state index contributed by atoms with van der Waals surface area (Å²) >= 11 is 0. The van der Waals surface area contributed by atoms with Gasteiger partial charge in [-0.3, -0.25) is 5.32 Å². The van der Waals surface area contributed by atoms with Crippen LogP contribution >= 0.6 is 0 Å². The number of hydrogen-bond acceptors (Lipinski definition) is 9. The molecule has 31 heavy (non-hydrogen) atoms. The molecule has 1 aromatic carbocycles. The summed E-state index contributed by atoms with van der Waals surface area (Å²) in [4.78, 5) is 32.3. The van der Waals surface area contributed by atoms with Crippen LogP contribution in [0.5, 0.6) is 0 Å². The number of amides is 2. The molecule has 0 aliphatic rings. The first kappa shape index (κ1) is 24.2. The molecule has 0 fully saturated rings. The highest BCUT2D eigenvalue weighted by molar-refractivity contribution is 7.90. The van der Waals surface area contributed by atoms with Crippen LogP contribution in [0.1, 0.15) is 41.9 Å². The van der Waals surface area contributed by atoms with Crippen LogP contribution in [0.3, 0.4) is 0 Å². The van der Waals surface area contributed by atoms with E-state index >= 15 is 0 Å². The molecule has 2 aromatic rings. The highest BCUT2D eigenvalue weighted by Gasteiger charge is 2.26. The molecule has 0 spiro atoms. The summed E-state index contributed by atoms with van der Waals surface area (Å²) < 4.78 is 42.6. The molecule has 0 saturated carbocycles. The van der Waals surface area contributed by atoms with E-state index in [1.54, 1.807) is 26.8 Å². The number of nitrogens with zero attached hydrogens (tertiary/aromatic N) is 2. The van der Waals surface area contributed by atoms with E-state index in [9.17, 15) is 18.0 Å². The molecule has 0 aliphatic carbocycles. The largest absolute Gasteiger partial charge is 0.459 e. The minimum absolute atomic E-state index is 0.158. The Morgan fingerprint density at radius 3 is 2.32 bits per heavy atom. The van der Waals surface area contributed by atoms with E-state index in [-0.39, 0.29) is 11.5 Å². The van der Waals surface area contributed by atoms with E-state index < -0.39 is 39.3 Å². The van der Waals surface area contributed by atoms with Crippen molar-refractivity contribution in [2.24, 2.45) is 0 Å². The molecule has 0 radical (unpaired) electrons. The van der Waals surface area contributed by atoms with Crippen molar-refractivity contribution >= 4 is 28.0 Å². The molecule has 0 unspecified atom stereocenters. The average Bonchev–Trinajstić information content (AvgIpc) is 2.67. The monoisotopic (exact) mass is 452 g/mol. The zero-order chi connectivity index (χ0) is 23.2. The summed E-state index contributed by atoms with van der Waals surface area (Å²) in [5.74, 6) is -0.984. The van der Waals surface area contributed by atoms with Gasteiger partial charge < -0.3 is 14.2 Å². The van der Waals surface area contributed by atoms with Gasteiger partial charge in [0, 0.05) is 19.9 Å². The molecular weight excluding hydrogens is 428 g/mol. The van der Waals surface area contributed by atoms with E-state index in [1.807, 2.05) is 4.72 Å². The highest BCUT2D eigenvalue weighted by Crippen LogP contribution is 2.19. The fourth-order valence-corrected chi connectivity index (χ4v) is 3.66. The van der Waals surface area contributed by atoms with E-state index in [2.05, 4.69) is 15.3 Å². The number of esters is 1. The smallest absolute Gasteiger partial charge is 0.339 e. The third-order valence-electron chi connectivity index (χ3n) is 3.74. The number of urea groups is 1. The Morgan fingerprint density at radius 2 is 1.71 bits per heavy atom. The molecule has 1 aromatic heterocycles. The van der Waals surface area contributed by atoms with Gasteiger partial charge in [-0.1, -0.05) is 12.1 Å². The molecule has 2 amide bonds. The normalized spacial score (nSPS) is 11.5. The SMILES string of the molecule is COC(OC)c1cc(C)nc(NC(=O)NS(=O)(=O)c2ccccc2C(=O)OC(C)C)n1. The Balaban J connectivity index is 2.24. The van der Waals surface area contributed by atoms with Crippen LogP contribution in [0, 0.1) is 6.92 Å². The summed E-state index contributed by atoms with van der Waals surface area (Å²) in [6.45, 7) is 4.92. The number of aromatic nitrogens is 2. The number of sulfonamides is 1. The van der Waals surface area contributed by atoms with Gasteiger partial charge in [-0.25, -0.2) is 32.7 Å². The van der Waals surface area contributed by atoms with Crippen LogP contribution in [0.15, 0.2) is 35.2 Å². The molecule has 1 heterocycles. The molecule has 12 heteroatoms. The second kappa shape index (κ2) is 10.3. The van der Waals surface area contributed by atoms with Gasteiger partial charge in [0.2, 0.25) is 12.2 Å². The van der Waals surface area contributed by atoms with Crippen molar-refractivity contribution in [3.05, 3.63) is 47.3 Å². The van der Waals surface area contributed by atoms with Crippen molar-refractivity contribution in [1.29, 1.82) is 0 Å². The van der Waals surface area contributed by atoms with Gasteiger partial charge in [-0.2, -0.15) is 0 Å². The van der Waals surface area contributed by atoms with Gasteiger partial charge in [0.05, 0.1) is 11.7 Å². The van der Waals surface area contributed by atoms with Crippen LogP contribution in [0.2, 0.25) is 0 Å². The molecule has 0 saturated heterocycles. The van der Waals surface area contributed by atoms with Crippen LogP contribution in [-0.2, 0) is 24.2 Å². The first-order chi connectivity index (χ1) is 14.6. The molecule has 2 N–H and O–H groups in total. The Bertz CT molecular complexity index is 1050. The predicted octanol–water partition coefficient (Wildman–Crippen LogP) is 2.15. The lowest BCUT2D eigenvalue weighted by molar-refractivity contribution is -0.108. The Morgan fingerprint density at radius 1 is 1.06 bits per heavy atom. The molecule has 0 bridgehead atoms. The second-order valence-electron chi connectivity index (χ2n) is 6.57. The maximum atomic E-state index is 12.7. The summed E-state index contributed by atoms with van der Waals surface area (Å²) in [6, 6.07) is 5.87. The average molecular weight is 452 g/mol. The van der Waals surface area contributed by atoms with E-state index in [0.29, 0.717) is 11.4 Å². The van der Waals surface area contributed by atoms with Crippen LogP contribution < -0.4 is 10.0 Å². The second-order valence-corrected chi connectivity index (χ2v) is 8.22. The molecule has 0 aliphatic heterocycles. The molecule has 2 rings (SSSR count). The Hall–Kier alpha value is -3.09. The number of benzene rings is 1. The maximum absolute atomic E-state index is 12.7. The molecule has 11 nitrogen and oxygen atoms in total. The lowest BCUT2D eigenvalue weighted by atomic mass is 10.2. The predicted molar refractivity (Wildman–Crippen MR) is 110 cm³/mol. The van der Waals surface area contributed by atoms with Gasteiger partial charge in [-0.05, 0) is 39.0 Å². The quantitative estimate of drug-likeness (QED) is 0.454. The van der Waals surface area contributed by atoms with Crippen LogP contribution in [-0.4, -0.2) is 50.7 Å². The number of methoxy groups -OCH3 is 2. The van der Waals surface area contributed by atoms with Crippen molar-refractivity contribution in [2.75, 3.05) is 19.5 Å². The van der Waals surface area contributed by atoms with Gasteiger partial charge in [0.1, 0.15) is 10.6 Å². The van der Waals surface area contributed by atoms with Gasteiger partial charge in [0.25, 0.3) is 10.0 Å². The van der Waals surface area contributed by atoms with E-state index in [4.69, 9.17) is 14.2 Å². The minimum atomic E-state index is -4.40. The maximum Gasteiger partial charge on any atom is 0.339 e. The number of hydrogen-bond donors (Lipinski definition) is 2. The third kappa shape index (κ3) is 6.44. The number of carbonyl (C=O) groups is 2. The van der Waals surface area contributed by atoms with Gasteiger partial charge in [0.15, 0.2) is 0 Å². The van der Waals surface area contributed by atoms with Crippen molar-refractivity contribution < 1.29 is 32.2 Å². The van der Waals surface area contributed by atoms with Crippen LogP contribution in [0.4, 0.5) is 10.7 Å². The topological polar surface area (TPSA) is 146 Å².